The lowest BCUT2D eigenvalue weighted by Crippen LogP contribution is -1.87. The van der Waals surface area contributed by atoms with E-state index in [-0.39, 0.29) is 6.04 Å². The first-order chi connectivity index (χ1) is 10.7. The van der Waals surface area contributed by atoms with E-state index in [0.29, 0.717) is 10.2 Å². The lowest BCUT2D eigenvalue weighted by Gasteiger charge is -2.02. The van der Waals surface area contributed by atoms with Crippen LogP contribution < -0.4 is 0 Å². The predicted molar refractivity (Wildman–Crippen MR) is 89.7 cm³/mol. The van der Waals surface area contributed by atoms with Crippen LogP contribution in [0.3, 0.4) is 0 Å². The van der Waals surface area contributed by atoms with Crippen molar-refractivity contribution in [1.82, 2.24) is 9.97 Å². The van der Waals surface area contributed by atoms with Crippen LogP contribution >= 0.6 is 22.9 Å². The molecule has 0 amide bonds. The smallest absolute Gasteiger partial charge is 0.230 e. The molecule has 0 N–H and O–H groups in total. The highest BCUT2D eigenvalue weighted by atomic mass is 35.5. The van der Waals surface area contributed by atoms with E-state index in [2.05, 4.69) is 20.2 Å². The van der Waals surface area contributed by atoms with Gasteiger partial charge < -0.3 is 0 Å². The van der Waals surface area contributed by atoms with Crippen molar-refractivity contribution >= 4 is 28.1 Å². The minimum absolute atomic E-state index is 0.0223. The molecule has 0 bridgehead atoms. The van der Waals surface area contributed by atoms with Crippen molar-refractivity contribution in [2.45, 2.75) is 13.0 Å². The summed E-state index contributed by atoms with van der Waals surface area (Å²) in [7, 11) is 0. The van der Waals surface area contributed by atoms with Crippen molar-refractivity contribution in [2.75, 3.05) is 0 Å². The monoisotopic (exact) mass is 328 g/mol. The average Bonchev–Trinajstić information content (AvgIpc) is 3.03. The molecule has 0 aliphatic heterocycles. The minimum Gasteiger partial charge on any atom is -0.265 e. The van der Waals surface area contributed by atoms with Crippen molar-refractivity contribution in [3.05, 3.63) is 64.8 Å². The zero-order valence-corrected chi connectivity index (χ0v) is 13.4. The molecule has 0 fully saturated rings. The van der Waals surface area contributed by atoms with Crippen LogP contribution in [0.1, 0.15) is 18.5 Å². The Labute approximate surface area is 137 Å². The lowest BCUT2D eigenvalue weighted by atomic mass is 10.1. The Kier molecular flexibility index (Phi) is 4.56. The van der Waals surface area contributed by atoms with E-state index in [1.807, 2.05) is 48.7 Å². The Balaban J connectivity index is 1.74. The molecule has 1 aromatic carbocycles. The van der Waals surface area contributed by atoms with Gasteiger partial charge in [-0.3, -0.25) is 4.98 Å². The van der Waals surface area contributed by atoms with E-state index in [1.165, 1.54) is 11.3 Å². The van der Waals surface area contributed by atoms with Gasteiger partial charge in [0.2, 0.25) is 5.13 Å². The Hall–Kier alpha value is -2.11. The number of benzene rings is 1. The molecule has 1 unspecified atom stereocenters. The molecular formula is C16H13ClN4S. The molecule has 4 nitrogen and oxygen atoms in total. The first kappa shape index (κ1) is 14.8. The van der Waals surface area contributed by atoms with Gasteiger partial charge >= 0.3 is 0 Å². The molecule has 6 heteroatoms. The van der Waals surface area contributed by atoms with Gasteiger partial charge in [0.15, 0.2) is 0 Å². The van der Waals surface area contributed by atoms with E-state index in [4.69, 9.17) is 11.6 Å². The van der Waals surface area contributed by atoms with Gasteiger partial charge in [0.05, 0.1) is 11.7 Å². The number of nitrogens with zero attached hydrogens (tertiary/aromatic N) is 4. The number of halogens is 1. The third kappa shape index (κ3) is 3.55. The van der Waals surface area contributed by atoms with Crippen LogP contribution in [0.15, 0.2) is 64.4 Å². The Morgan fingerprint density at radius 2 is 1.82 bits per heavy atom. The van der Waals surface area contributed by atoms with Gasteiger partial charge in [-0.15, -0.1) is 16.5 Å². The minimum atomic E-state index is -0.0223. The fraction of sp³-hybridized carbons (Fsp3) is 0.125. The topological polar surface area (TPSA) is 50.5 Å². The van der Waals surface area contributed by atoms with Gasteiger partial charge in [-0.05, 0) is 36.8 Å². The first-order valence-corrected chi connectivity index (χ1v) is 8.00. The molecular weight excluding hydrogens is 316 g/mol. The molecule has 3 rings (SSSR count). The highest BCUT2D eigenvalue weighted by molar-refractivity contribution is 7.13. The molecule has 0 aliphatic rings. The average molecular weight is 329 g/mol. The van der Waals surface area contributed by atoms with E-state index >= 15 is 0 Å². The van der Waals surface area contributed by atoms with Gasteiger partial charge in [0, 0.05) is 28.4 Å². The molecule has 0 saturated heterocycles. The standard InChI is InChI=1S/C16H13ClN4S/c1-11(12-6-8-18-9-7-12)20-21-16-19-15(10-22-16)13-2-4-14(17)5-3-13/h2-11H,1H3. The highest BCUT2D eigenvalue weighted by Crippen LogP contribution is 2.28. The van der Waals surface area contributed by atoms with Crippen molar-refractivity contribution in [1.29, 1.82) is 0 Å². The maximum absolute atomic E-state index is 5.89. The summed E-state index contributed by atoms with van der Waals surface area (Å²) < 4.78 is 0. The number of pyridine rings is 1. The molecule has 0 radical (unpaired) electrons. The Morgan fingerprint density at radius 1 is 1.09 bits per heavy atom. The molecule has 0 aliphatic carbocycles. The van der Waals surface area contributed by atoms with Crippen LogP contribution in [0.4, 0.5) is 5.13 Å². The number of thiazole rings is 1. The third-order valence-electron chi connectivity index (χ3n) is 3.14. The second kappa shape index (κ2) is 6.77. The maximum atomic E-state index is 5.89. The first-order valence-electron chi connectivity index (χ1n) is 6.74. The second-order valence-electron chi connectivity index (χ2n) is 4.69. The van der Waals surface area contributed by atoms with Gasteiger partial charge in [-0.25, -0.2) is 4.98 Å². The number of azo groups is 1. The summed E-state index contributed by atoms with van der Waals surface area (Å²) in [5, 5.41) is 11.9. The molecule has 0 spiro atoms. The van der Waals surface area contributed by atoms with Gasteiger partial charge in [-0.2, -0.15) is 5.11 Å². The number of hydrogen-bond acceptors (Lipinski definition) is 5. The van der Waals surface area contributed by atoms with Crippen LogP contribution in [-0.4, -0.2) is 9.97 Å². The SMILES string of the molecule is CC(N=Nc1nc(-c2ccc(Cl)cc2)cs1)c1ccncc1. The molecule has 3 aromatic rings. The van der Waals surface area contributed by atoms with Crippen molar-refractivity contribution < 1.29 is 0 Å². The summed E-state index contributed by atoms with van der Waals surface area (Å²) in [4.78, 5) is 8.48. The molecule has 2 heterocycles. The summed E-state index contributed by atoms with van der Waals surface area (Å²) in [6.45, 7) is 1.99. The Morgan fingerprint density at radius 3 is 2.55 bits per heavy atom. The second-order valence-corrected chi connectivity index (χ2v) is 5.97. The van der Waals surface area contributed by atoms with Gasteiger partial charge in [0.25, 0.3) is 0 Å². The number of aromatic nitrogens is 2. The molecule has 1 atom stereocenters. The highest BCUT2D eigenvalue weighted by Gasteiger charge is 2.06. The normalized spacial score (nSPS) is 12.6. The fourth-order valence-electron chi connectivity index (χ4n) is 1.91. The lowest BCUT2D eigenvalue weighted by molar-refractivity contribution is 0.761. The summed E-state index contributed by atoms with van der Waals surface area (Å²) >= 11 is 7.36. The van der Waals surface area contributed by atoms with Crippen LogP contribution in [0.5, 0.6) is 0 Å². The summed E-state index contributed by atoms with van der Waals surface area (Å²) in [5.74, 6) is 0. The zero-order valence-electron chi connectivity index (χ0n) is 11.8. The van der Waals surface area contributed by atoms with E-state index in [9.17, 15) is 0 Å². The van der Waals surface area contributed by atoms with Crippen molar-refractivity contribution in [3.63, 3.8) is 0 Å². The number of rotatable bonds is 4. The van der Waals surface area contributed by atoms with Crippen molar-refractivity contribution in [2.24, 2.45) is 10.2 Å². The maximum Gasteiger partial charge on any atom is 0.230 e. The molecule has 110 valence electrons. The van der Waals surface area contributed by atoms with Gasteiger partial charge in [-0.1, -0.05) is 23.7 Å². The summed E-state index contributed by atoms with van der Waals surface area (Å²) in [6, 6.07) is 11.4. The van der Waals surface area contributed by atoms with Crippen LogP contribution in [0.2, 0.25) is 5.02 Å². The third-order valence-corrected chi connectivity index (χ3v) is 4.11. The fourth-order valence-corrected chi connectivity index (χ4v) is 2.69. The van der Waals surface area contributed by atoms with Gasteiger partial charge in [0.1, 0.15) is 0 Å². The largest absolute Gasteiger partial charge is 0.265 e. The molecule has 0 saturated carbocycles. The predicted octanol–water partition coefficient (Wildman–Crippen LogP) is 5.70. The van der Waals surface area contributed by atoms with Crippen LogP contribution in [0, 0.1) is 0 Å². The van der Waals surface area contributed by atoms with E-state index in [1.54, 1.807) is 12.4 Å². The van der Waals surface area contributed by atoms with Crippen LogP contribution in [-0.2, 0) is 0 Å². The molecule has 2 aromatic heterocycles. The van der Waals surface area contributed by atoms with Crippen molar-refractivity contribution in [3.8, 4) is 11.3 Å². The quantitative estimate of drug-likeness (QED) is 0.576. The zero-order chi connectivity index (χ0) is 15.4. The summed E-state index contributed by atoms with van der Waals surface area (Å²) in [5.41, 5.74) is 2.98. The van der Waals surface area contributed by atoms with E-state index in [0.717, 1.165) is 16.8 Å². The number of hydrogen-bond donors (Lipinski definition) is 0. The molecule has 22 heavy (non-hydrogen) atoms. The van der Waals surface area contributed by atoms with E-state index < -0.39 is 0 Å². The summed E-state index contributed by atoms with van der Waals surface area (Å²) in [6.07, 6.45) is 3.51. The Bertz CT molecular complexity index is 768. The van der Waals surface area contributed by atoms with Crippen LogP contribution in [0.25, 0.3) is 11.3 Å².